The number of aromatic nitrogens is 1. The molecule has 206 valence electrons. The van der Waals surface area contributed by atoms with Crippen molar-refractivity contribution in [2.75, 3.05) is 12.9 Å². The highest BCUT2D eigenvalue weighted by molar-refractivity contribution is 8.00. The van der Waals surface area contributed by atoms with Gasteiger partial charge in [-0.05, 0) is 86.9 Å². The van der Waals surface area contributed by atoms with Crippen LogP contribution in [0.25, 0.3) is 21.8 Å². The highest BCUT2D eigenvalue weighted by atomic mass is 35.5. The van der Waals surface area contributed by atoms with Crippen LogP contribution >= 0.6 is 23.4 Å². The van der Waals surface area contributed by atoms with Gasteiger partial charge < -0.3 is 9.40 Å². The minimum absolute atomic E-state index is 0.0750. The fraction of sp³-hybridized carbons (Fsp3) is 0.303. The van der Waals surface area contributed by atoms with Gasteiger partial charge >= 0.3 is 0 Å². The first-order valence-electron chi connectivity index (χ1n) is 13.7. The number of carbonyl (C=O) groups excluding carboxylic acids is 2. The third-order valence-electron chi connectivity index (χ3n) is 7.53. The fourth-order valence-electron chi connectivity index (χ4n) is 5.46. The Morgan fingerprint density at radius 3 is 2.48 bits per heavy atom. The van der Waals surface area contributed by atoms with Crippen LogP contribution in [0.1, 0.15) is 60.2 Å². The molecule has 1 unspecified atom stereocenters. The summed E-state index contributed by atoms with van der Waals surface area (Å²) in [5.74, 6) is 0.665. The smallest absolute Gasteiger partial charge is 0.210 e. The Hall–Kier alpha value is -3.35. The van der Waals surface area contributed by atoms with Crippen LogP contribution in [-0.4, -0.2) is 40.0 Å². The van der Waals surface area contributed by atoms with Crippen LogP contribution in [0.15, 0.2) is 88.1 Å². The van der Waals surface area contributed by atoms with Crippen molar-refractivity contribution >= 4 is 62.4 Å². The average Bonchev–Trinajstić information content (AvgIpc) is 3.29. The number of thioether (sulfide) groups is 1. The van der Waals surface area contributed by atoms with Crippen LogP contribution in [0.3, 0.4) is 0 Å². The third kappa shape index (κ3) is 5.74. The van der Waals surface area contributed by atoms with Crippen LogP contribution in [0, 0.1) is 0 Å². The molecule has 3 aromatic rings. The van der Waals surface area contributed by atoms with Gasteiger partial charge in [0.15, 0.2) is 5.78 Å². The number of Topliss-reactive ketones (excluding diaryl/α,β-unsaturated/α-hetero) is 2. The van der Waals surface area contributed by atoms with E-state index in [2.05, 4.69) is 28.8 Å². The van der Waals surface area contributed by atoms with Crippen molar-refractivity contribution in [3.63, 3.8) is 0 Å². The standard InChI is InChI=1S/C33H33ClN2O3S/c1-4-36-30-15-9-22(32(37)26-8-6-5-7-21(26)2)19-27(30)28-20-23(10-16-31(28)36)33(38)29(35-39-3)17-18-40-25-13-11-24(34)12-14-25/h5,7,9-13,15-16,19-20,25H,4,6,8,14,17-18H2,1-3H3/b35-29+. The van der Waals surface area contributed by atoms with E-state index in [1.165, 1.54) is 7.11 Å². The fourth-order valence-corrected chi connectivity index (χ4v) is 6.66. The normalized spacial score (nSPS) is 17.6. The maximum atomic E-state index is 13.6. The molecule has 0 fully saturated rings. The summed E-state index contributed by atoms with van der Waals surface area (Å²) < 4.78 is 2.22. The van der Waals surface area contributed by atoms with Gasteiger partial charge in [0.25, 0.3) is 0 Å². The van der Waals surface area contributed by atoms with E-state index in [0.29, 0.717) is 28.5 Å². The summed E-state index contributed by atoms with van der Waals surface area (Å²) in [5.41, 5.74) is 5.61. The molecular formula is C33H33ClN2O3S. The predicted molar refractivity (Wildman–Crippen MR) is 168 cm³/mol. The van der Waals surface area contributed by atoms with Crippen molar-refractivity contribution in [2.24, 2.45) is 5.16 Å². The minimum Gasteiger partial charge on any atom is -0.399 e. The molecule has 0 bridgehead atoms. The largest absolute Gasteiger partial charge is 0.399 e. The number of ketones is 2. The number of benzene rings is 2. The van der Waals surface area contributed by atoms with Gasteiger partial charge in [-0.3, -0.25) is 9.59 Å². The molecule has 7 heteroatoms. The van der Waals surface area contributed by atoms with Gasteiger partial charge in [0.05, 0.1) is 0 Å². The number of rotatable bonds is 10. The van der Waals surface area contributed by atoms with Crippen LogP contribution in [-0.2, 0) is 11.4 Å². The van der Waals surface area contributed by atoms with Gasteiger partial charge in [-0.25, -0.2) is 0 Å². The molecule has 2 aromatic carbocycles. The zero-order valence-corrected chi connectivity index (χ0v) is 24.6. The Morgan fingerprint density at radius 2 is 1.82 bits per heavy atom. The molecule has 0 saturated carbocycles. The molecule has 0 aliphatic heterocycles. The molecule has 0 spiro atoms. The van der Waals surface area contributed by atoms with E-state index < -0.39 is 0 Å². The first kappa shape index (κ1) is 28.2. The van der Waals surface area contributed by atoms with Crippen LogP contribution in [0.4, 0.5) is 0 Å². The molecule has 1 heterocycles. The third-order valence-corrected chi connectivity index (χ3v) is 9.03. The Balaban J connectivity index is 1.45. The van der Waals surface area contributed by atoms with E-state index in [9.17, 15) is 9.59 Å². The van der Waals surface area contributed by atoms with E-state index in [1.54, 1.807) is 11.8 Å². The van der Waals surface area contributed by atoms with Gasteiger partial charge in [0.2, 0.25) is 5.78 Å². The van der Waals surface area contributed by atoms with E-state index >= 15 is 0 Å². The molecular weight excluding hydrogens is 540 g/mol. The number of aryl methyl sites for hydroxylation is 1. The van der Waals surface area contributed by atoms with Crippen molar-refractivity contribution in [1.29, 1.82) is 0 Å². The minimum atomic E-state index is -0.147. The average molecular weight is 573 g/mol. The van der Waals surface area contributed by atoms with Gasteiger partial charge in [-0.15, -0.1) is 0 Å². The summed E-state index contributed by atoms with van der Waals surface area (Å²) in [6, 6.07) is 11.7. The monoisotopic (exact) mass is 572 g/mol. The number of hydrogen-bond acceptors (Lipinski definition) is 5. The van der Waals surface area contributed by atoms with E-state index in [0.717, 1.165) is 69.5 Å². The summed E-state index contributed by atoms with van der Waals surface area (Å²) in [6.07, 6.45) is 13.2. The van der Waals surface area contributed by atoms with E-state index in [-0.39, 0.29) is 11.6 Å². The van der Waals surface area contributed by atoms with Crippen molar-refractivity contribution in [2.45, 2.75) is 51.3 Å². The summed E-state index contributed by atoms with van der Waals surface area (Å²) >= 11 is 7.80. The summed E-state index contributed by atoms with van der Waals surface area (Å²) in [7, 11) is 1.47. The zero-order valence-electron chi connectivity index (χ0n) is 23.1. The molecule has 1 aromatic heterocycles. The molecule has 0 N–H and O–H groups in total. The molecule has 0 amide bonds. The highest BCUT2D eigenvalue weighted by Gasteiger charge is 2.21. The van der Waals surface area contributed by atoms with Crippen molar-refractivity contribution in [3.05, 3.63) is 94.1 Å². The maximum absolute atomic E-state index is 13.6. The number of halogens is 1. The lowest BCUT2D eigenvalue weighted by atomic mass is 9.91. The number of allylic oxidation sites excluding steroid dienone is 7. The maximum Gasteiger partial charge on any atom is 0.210 e. The van der Waals surface area contributed by atoms with Gasteiger partial charge in [-0.1, -0.05) is 41.1 Å². The van der Waals surface area contributed by atoms with Crippen LogP contribution < -0.4 is 0 Å². The Kier molecular flexibility index (Phi) is 8.77. The number of fused-ring (bicyclic) bond motifs is 3. The number of hydrogen-bond donors (Lipinski definition) is 0. The second-order valence-corrected chi connectivity index (χ2v) is 11.8. The molecule has 40 heavy (non-hydrogen) atoms. The Bertz CT molecular complexity index is 1640. The quantitative estimate of drug-likeness (QED) is 0.139. The van der Waals surface area contributed by atoms with E-state index in [1.807, 2.05) is 61.5 Å². The van der Waals surface area contributed by atoms with Crippen LogP contribution in [0.5, 0.6) is 0 Å². The lowest BCUT2D eigenvalue weighted by Crippen LogP contribution is -2.16. The molecule has 0 saturated heterocycles. The van der Waals surface area contributed by atoms with Crippen LogP contribution in [0.2, 0.25) is 0 Å². The molecule has 5 rings (SSSR count). The molecule has 0 radical (unpaired) electrons. The number of carbonyl (C=O) groups is 2. The molecule has 2 aliphatic rings. The van der Waals surface area contributed by atoms with Crippen molar-refractivity contribution in [3.8, 4) is 0 Å². The summed E-state index contributed by atoms with van der Waals surface area (Å²) in [6.45, 7) is 4.88. The number of nitrogens with zero attached hydrogens (tertiary/aromatic N) is 2. The molecule has 2 aliphatic carbocycles. The molecule has 1 atom stereocenters. The lowest BCUT2D eigenvalue weighted by molar-refractivity contribution is 0.102. The number of oxime groups is 1. The molecule has 5 nitrogen and oxygen atoms in total. The van der Waals surface area contributed by atoms with Crippen molar-refractivity contribution < 1.29 is 14.4 Å². The summed E-state index contributed by atoms with van der Waals surface area (Å²) in [5, 5.41) is 7.12. The van der Waals surface area contributed by atoms with Crippen molar-refractivity contribution in [1.82, 2.24) is 4.57 Å². The predicted octanol–water partition coefficient (Wildman–Crippen LogP) is 8.42. The zero-order chi connectivity index (χ0) is 28.2. The first-order chi connectivity index (χ1) is 19.4. The summed E-state index contributed by atoms with van der Waals surface area (Å²) in [4.78, 5) is 32.1. The Labute approximate surface area is 244 Å². The Morgan fingerprint density at radius 1 is 1.10 bits per heavy atom. The highest BCUT2D eigenvalue weighted by Crippen LogP contribution is 2.33. The first-order valence-corrected chi connectivity index (χ1v) is 15.1. The topological polar surface area (TPSA) is 60.7 Å². The lowest BCUT2D eigenvalue weighted by Gasteiger charge is -2.13. The van der Waals surface area contributed by atoms with Gasteiger partial charge in [0.1, 0.15) is 12.8 Å². The second-order valence-electron chi connectivity index (χ2n) is 10.0. The van der Waals surface area contributed by atoms with Gasteiger partial charge in [-0.2, -0.15) is 11.8 Å². The second kappa shape index (κ2) is 12.4. The SMILES string of the molecule is CCn1c2ccc(C(=O)C3=C(C)C=CCC3)cc2c2cc(C(=O)/C(CCSC3C=CC(Cl)=CC3)=N/OC)ccc21. The van der Waals surface area contributed by atoms with Gasteiger partial charge in [0, 0.05) is 61.8 Å². The van der Waals surface area contributed by atoms with E-state index in [4.69, 9.17) is 16.4 Å².